The number of likely N-dealkylation sites (tertiary alicyclic amines) is 1. The van der Waals surface area contributed by atoms with Crippen LogP contribution in [0.15, 0.2) is 12.1 Å². The molecule has 3 aliphatic rings. The van der Waals surface area contributed by atoms with E-state index in [1.165, 1.54) is 5.56 Å². The number of benzene rings is 1. The lowest BCUT2D eigenvalue weighted by molar-refractivity contribution is -0.114. The molecule has 2 N–H and O–H groups in total. The number of aromatic hydroxyl groups is 1. The van der Waals surface area contributed by atoms with Crippen molar-refractivity contribution in [3.05, 3.63) is 23.3 Å². The van der Waals surface area contributed by atoms with Gasteiger partial charge < -0.3 is 24.6 Å². The van der Waals surface area contributed by atoms with Crippen molar-refractivity contribution in [3.8, 4) is 11.5 Å². The molecule has 0 radical (unpaired) electrons. The fraction of sp³-hybridized carbons (Fsp3) is 0.684. The summed E-state index contributed by atoms with van der Waals surface area (Å²) in [5, 5.41) is 21.6. The smallest absolute Gasteiger partial charge is 0.161 e. The Kier molecular flexibility index (Phi) is 3.79. The van der Waals surface area contributed by atoms with Gasteiger partial charge in [0.2, 0.25) is 0 Å². The third-order valence-corrected chi connectivity index (χ3v) is 6.82. The largest absolute Gasteiger partial charge is 0.504 e. The molecule has 4 rings (SSSR count). The third kappa shape index (κ3) is 2.04. The Morgan fingerprint density at radius 3 is 2.79 bits per heavy atom. The first-order valence-electron chi connectivity index (χ1n) is 8.82. The quantitative estimate of drug-likeness (QED) is 0.862. The summed E-state index contributed by atoms with van der Waals surface area (Å²) in [5.41, 5.74) is 2.03. The van der Waals surface area contributed by atoms with Gasteiger partial charge in [-0.15, -0.1) is 0 Å². The molecule has 2 unspecified atom stereocenters. The van der Waals surface area contributed by atoms with E-state index >= 15 is 0 Å². The van der Waals surface area contributed by atoms with Crippen LogP contribution in [-0.2, 0) is 16.6 Å². The highest BCUT2D eigenvalue weighted by Gasteiger charge is 2.58. The van der Waals surface area contributed by atoms with E-state index in [9.17, 15) is 10.2 Å². The van der Waals surface area contributed by atoms with E-state index in [0.29, 0.717) is 24.1 Å². The highest BCUT2D eigenvalue weighted by molar-refractivity contribution is 5.56. The first-order valence-corrected chi connectivity index (χ1v) is 8.82. The van der Waals surface area contributed by atoms with Gasteiger partial charge in [0.05, 0.1) is 19.3 Å². The summed E-state index contributed by atoms with van der Waals surface area (Å²) in [6, 6.07) is 4.38. The third-order valence-electron chi connectivity index (χ3n) is 6.82. The van der Waals surface area contributed by atoms with E-state index in [-0.39, 0.29) is 17.3 Å². The number of phenolic OH excluding ortho intramolecular Hbond substituents is 1. The average molecular weight is 333 g/mol. The number of rotatable bonds is 2. The molecule has 0 spiro atoms. The van der Waals surface area contributed by atoms with Gasteiger partial charge in [0.1, 0.15) is 0 Å². The Morgan fingerprint density at radius 1 is 1.29 bits per heavy atom. The van der Waals surface area contributed by atoms with E-state index in [0.717, 1.165) is 31.4 Å². The molecule has 132 valence electrons. The van der Waals surface area contributed by atoms with Gasteiger partial charge in [-0.25, -0.2) is 0 Å². The van der Waals surface area contributed by atoms with Gasteiger partial charge in [-0.2, -0.15) is 0 Å². The first kappa shape index (κ1) is 16.2. The lowest BCUT2D eigenvalue weighted by Gasteiger charge is -2.60. The summed E-state index contributed by atoms with van der Waals surface area (Å²) < 4.78 is 10.9. The number of aliphatic hydroxyl groups is 1. The maximum atomic E-state index is 10.9. The zero-order valence-electron chi connectivity index (χ0n) is 14.7. The Hall–Kier alpha value is -1.30. The van der Waals surface area contributed by atoms with Gasteiger partial charge in [0.15, 0.2) is 11.5 Å². The number of piperidine rings is 1. The average Bonchev–Trinajstić information content (AvgIpc) is 2.57. The van der Waals surface area contributed by atoms with Crippen LogP contribution < -0.4 is 4.74 Å². The van der Waals surface area contributed by atoms with Gasteiger partial charge in [-0.05, 0) is 56.8 Å². The van der Waals surface area contributed by atoms with Gasteiger partial charge in [0.25, 0.3) is 0 Å². The summed E-state index contributed by atoms with van der Waals surface area (Å²) in [5.74, 6) is 1.18. The van der Waals surface area contributed by atoms with Crippen molar-refractivity contribution in [1.82, 2.24) is 4.90 Å². The van der Waals surface area contributed by atoms with E-state index < -0.39 is 6.10 Å². The Balaban J connectivity index is 1.89. The van der Waals surface area contributed by atoms with Crippen molar-refractivity contribution in [3.63, 3.8) is 0 Å². The second-order valence-corrected chi connectivity index (χ2v) is 7.70. The van der Waals surface area contributed by atoms with Crippen molar-refractivity contribution in [2.45, 2.75) is 49.3 Å². The topological polar surface area (TPSA) is 62.2 Å². The molecule has 1 aromatic carbocycles. The second-order valence-electron chi connectivity index (χ2n) is 7.70. The van der Waals surface area contributed by atoms with Crippen molar-refractivity contribution in [2.75, 3.05) is 27.8 Å². The Morgan fingerprint density at radius 2 is 2.08 bits per heavy atom. The van der Waals surface area contributed by atoms with Crippen LogP contribution in [-0.4, -0.2) is 61.2 Å². The molecule has 1 saturated carbocycles. The molecule has 1 heterocycles. The van der Waals surface area contributed by atoms with Crippen LogP contribution in [0.5, 0.6) is 11.5 Å². The van der Waals surface area contributed by atoms with Crippen LogP contribution in [0, 0.1) is 5.92 Å². The predicted octanol–water partition coefficient (Wildman–Crippen LogP) is 1.68. The second kappa shape index (κ2) is 5.61. The summed E-state index contributed by atoms with van der Waals surface area (Å²) in [6.07, 6.45) is 2.75. The first-order chi connectivity index (χ1) is 11.5. The molecule has 5 nitrogen and oxygen atoms in total. The molecule has 0 amide bonds. The van der Waals surface area contributed by atoms with E-state index in [1.54, 1.807) is 14.2 Å². The Bertz CT molecular complexity index is 648. The zero-order chi connectivity index (χ0) is 17.1. The minimum atomic E-state index is -0.494. The van der Waals surface area contributed by atoms with Gasteiger partial charge in [-0.3, -0.25) is 0 Å². The number of aliphatic hydroxyl groups excluding tert-OH is 1. The van der Waals surface area contributed by atoms with Crippen LogP contribution in [0.1, 0.15) is 30.4 Å². The number of hydrogen-bond donors (Lipinski definition) is 2. The number of hydrogen-bond acceptors (Lipinski definition) is 5. The van der Waals surface area contributed by atoms with Crippen molar-refractivity contribution < 1.29 is 19.7 Å². The van der Waals surface area contributed by atoms with Gasteiger partial charge in [-0.1, -0.05) is 6.07 Å². The molecule has 2 bridgehead atoms. The van der Waals surface area contributed by atoms with Crippen LogP contribution >= 0.6 is 0 Å². The highest BCUT2D eigenvalue weighted by Crippen LogP contribution is 2.59. The molecule has 2 fully saturated rings. The normalized spacial score (nSPS) is 38.3. The van der Waals surface area contributed by atoms with Crippen LogP contribution in [0.4, 0.5) is 0 Å². The number of likely N-dealkylation sites (N-methyl/N-ethyl adjacent to an activating group) is 1. The van der Waals surface area contributed by atoms with Gasteiger partial charge >= 0.3 is 0 Å². The number of phenols is 1. The van der Waals surface area contributed by atoms with E-state index in [2.05, 4.69) is 18.0 Å². The molecule has 2 aliphatic carbocycles. The van der Waals surface area contributed by atoms with Gasteiger partial charge in [0, 0.05) is 24.1 Å². The number of nitrogens with zero attached hydrogens (tertiary/aromatic N) is 1. The number of fused-ring (bicyclic) bond motifs is 1. The zero-order valence-corrected chi connectivity index (χ0v) is 14.7. The Labute approximate surface area is 143 Å². The molecule has 1 saturated heterocycles. The predicted molar refractivity (Wildman–Crippen MR) is 90.6 cm³/mol. The summed E-state index contributed by atoms with van der Waals surface area (Å²) in [4.78, 5) is 2.44. The SMILES string of the molecule is COc1ccc2c(c1O)[C@@]13CCN(C)[C@@H](C2)[C@H]1CC(OC)C(O)C3. The minimum absolute atomic E-state index is 0.119. The van der Waals surface area contributed by atoms with E-state index in [1.807, 2.05) is 6.07 Å². The molecule has 5 heteroatoms. The van der Waals surface area contributed by atoms with Crippen molar-refractivity contribution in [2.24, 2.45) is 5.92 Å². The molecule has 0 aromatic heterocycles. The summed E-state index contributed by atoms with van der Waals surface area (Å²) >= 11 is 0. The lowest BCUT2D eigenvalue weighted by atomic mass is 9.51. The summed E-state index contributed by atoms with van der Waals surface area (Å²) in [7, 11) is 5.46. The molecule has 24 heavy (non-hydrogen) atoms. The number of ether oxygens (including phenoxy) is 2. The minimum Gasteiger partial charge on any atom is -0.504 e. The molecule has 1 aliphatic heterocycles. The molecule has 5 atom stereocenters. The highest BCUT2D eigenvalue weighted by atomic mass is 16.5. The van der Waals surface area contributed by atoms with Crippen LogP contribution in [0.2, 0.25) is 0 Å². The fourth-order valence-electron chi connectivity index (χ4n) is 5.64. The molecule has 1 aromatic rings. The number of methoxy groups -OCH3 is 2. The lowest BCUT2D eigenvalue weighted by Crippen LogP contribution is -2.63. The maximum Gasteiger partial charge on any atom is 0.161 e. The van der Waals surface area contributed by atoms with Crippen molar-refractivity contribution >= 4 is 0 Å². The summed E-state index contributed by atoms with van der Waals surface area (Å²) in [6.45, 7) is 0.988. The molecular formula is C19H27NO4. The maximum absolute atomic E-state index is 10.9. The van der Waals surface area contributed by atoms with Crippen LogP contribution in [0.25, 0.3) is 0 Å². The van der Waals surface area contributed by atoms with Crippen LogP contribution in [0.3, 0.4) is 0 Å². The monoisotopic (exact) mass is 333 g/mol. The molecular weight excluding hydrogens is 306 g/mol. The standard InChI is InChI=1S/C19H27NO4/c1-20-7-6-19-10-14(21)16(24-3)9-12(19)13(20)8-11-4-5-15(23-2)18(22)17(11)19/h4-5,12-14,16,21-22H,6-10H2,1-3H3/t12-,13+,14?,16?,19-/m1/s1. The van der Waals surface area contributed by atoms with Crippen molar-refractivity contribution in [1.29, 1.82) is 0 Å². The van der Waals surface area contributed by atoms with E-state index in [4.69, 9.17) is 9.47 Å². The fourth-order valence-corrected chi connectivity index (χ4v) is 5.64.